The highest BCUT2D eigenvalue weighted by atomic mass is 16.5. The predicted molar refractivity (Wildman–Crippen MR) is 90.7 cm³/mol. The van der Waals surface area contributed by atoms with Crippen molar-refractivity contribution in [1.29, 1.82) is 0 Å². The van der Waals surface area contributed by atoms with Gasteiger partial charge >= 0.3 is 0 Å². The number of anilines is 1. The summed E-state index contributed by atoms with van der Waals surface area (Å²) in [4.78, 5) is 27.9. The van der Waals surface area contributed by atoms with Crippen LogP contribution >= 0.6 is 0 Å². The van der Waals surface area contributed by atoms with E-state index >= 15 is 0 Å². The quantitative estimate of drug-likeness (QED) is 0.839. The van der Waals surface area contributed by atoms with Crippen molar-refractivity contribution >= 4 is 17.5 Å². The molecule has 1 fully saturated rings. The molecule has 2 amide bonds. The first-order valence-electron chi connectivity index (χ1n) is 8.32. The predicted octanol–water partition coefficient (Wildman–Crippen LogP) is 2.84. The minimum absolute atomic E-state index is 0.0677. The van der Waals surface area contributed by atoms with Crippen LogP contribution in [0.5, 0.6) is 5.75 Å². The number of carbonyl (C=O) groups excluding carboxylic acids is 2. The van der Waals surface area contributed by atoms with E-state index in [1.807, 2.05) is 29.2 Å². The van der Waals surface area contributed by atoms with Gasteiger partial charge in [0.05, 0.1) is 7.11 Å². The fourth-order valence-corrected chi connectivity index (χ4v) is 2.93. The maximum Gasteiger partial charge on any atom is 0.224 e. The van der Waals surface area contributed by atoms with Gasteiger partial charge in [0.15, 0.2) is 0 Å². The first kappa shape index (κ1) is 17.3. The second-order valence-corrected chi connectivity index (χ2v) is 5.92. The van der Waals surface area contributed by atoms with Gasteiger partial charge in [-0.25, -0.2) is 0 Å². The number of amides is 2. The van der Waals surface area contributed by atoms with Crippen molar-refractivity contribution in [3.8, 4) is 5.75 Å². The largest absolute Gasteiger partial charge is 0.497 e. The Labute approximate surface area is 138 Å². The van der Waals surface area contributed by atoms with Crippen molar-refractivity contribution in [3.05, 3.63) is 24.3 Å². The minimum Gasteiger partial charge on any atom is -0.497 e. The fraction of sp³-hybridized carbons (Fsp3) is 0.556. The van der Waals surface area contributed by atoms with Crippen LogP contribution in [0.4, 0.5) is 5.69 Å². The van der Waals surface area contributed by atoms with E-state index in [4.69, 9.17) is 4.74 Å². The van der Waals surface area contributed by atoms with Gasteiger partial charge in [0.2, 0.25) is 11.8 Å². The first-order chi connectivity index (χ1) is 11.1. The number of carbonyl (C=O) groups is 2. The molecule has 1 aliphatic heterocycles. The van der Waals surface area contributed by atoms with E-state index in [0.717, 1.165) is 31.6 Å². The van der Waals surface area contributed by atoms with Crippen molar-refractivity contribution in [2.45, 2.75) is 39.0 Å². The van der Waals surface area contributed by atoms with Gasteiger partial charge in [0.25, 0.3) is 0 Å². The lowest BCUT2D eigenvalue weighted by Crippen LogP contribution is -2.36. The Hall–Kier alpha value is -2.04. The second-order valence-electron chi connectivity index (χ2n) is 5.92. The van der Waals surface area contributed by atoms with E-state index in [-0.39, 0.29) is 11.8 Å². The van der Waals surface area contributed by atoms with E-state index in [1.165, 1.54) is 19.8 Å². The van der Waals surface area contributed by atoms with Crippen LogP contribution in [0, 0.1) is 0 Å². The number of nitrogens with zero attached hydrogens (tertiary/aromatic N) is 2. The molecule has 0 aliphatic carbocycles. The molecular formula is C18H26N2O3. The summed E-state index contributed by atoms with van der Waals surface area (Å²) in [5.41, 5.74) is 0.764. The standard InChI is InChI=1S/C18H26N2O3/c1-15(21)20(16-8-7-9-17(14-16)23-2)13-10-18(22)19-11-5-3-4-6-12-19/h7-9,14H,3-6,10-13H2,1-2H3. The number of hydrogen-bond acceptors (Lipinski definition) is 3. The van der Waals surface area contributed by atoms with Gasteiger partial charge in [-0.3, -0.25) is 9.59 Å². The van der Waals surface area contributed by atoms with Gasteiger partial charge in [0, 0.05) is 44.7 Å². The zero-order valence-corrected chi connectivity index (χ0v) is 14.1. The van der Waals surface area contributed by atoms with Crippen molar-refractivity contribution in [1.82, 2.24) is 4.90 Å². The van der Waals surface area contributed by atoms with E-state index in [1.54, 1.807) is 12.0 Å². The lowest BCUT2D eigenvalue weighted by molar-refractivity contribution is -0.131. The maximum atomic E-state index is 12.4. The average molecular weight is 318 g/mol. The van der Waals surface area contributed by atoms with Gasteiger partial charge in [-0.2, -0.15) is 0 Å². The number of ether oxygens (including phenoxy) is 1. The molecule has 1 saturated heterocycles. The van der Waals surface area contributed by atoms with E-state index in [2.05, 4.69) is 0 Å². The van der Waals surface area contributed by atoms with Crippen LogP contribution in [0.1, 0.15) is 39.0 Å². The Kier molecular flexibility index (Phi) is 6.44. The Morgan fingerprint density at radius 3 is 2.48 bits per heavy atom. The van der Waals surface area contributed by atoms with Crippen molar-refractivity contribution in [3.63, 3.8) is 0 Å². The molecule has 23 heavy (non-hydrogen) atoms. The molecule has 1 aromatic carbocycles. The smallest absolute Gasteiger partial charge is 0.224 e. The maximum absolute atomic E-state index is 12.4. The summed E-state index contributed by atoms with van der Waals surface area (Å²) < 4.78 is 5.21. The summed E-state index contributed by atoms with van der Waals surface area (Å²) in [6.45, 7) is 3.61. The molecule has 5 nitrogen and oxygen atoms in total. The fourth-order valence-electron chi connectivity index (χ4n) is 2.93. The van der Waals surface area contributed by atoms with E-state index < -0.39 is 0 Å². The van der Waals surface area contributed by atoms with E-state index in [9.17, 15) is 9.59 Å². The molecule has 0 radical (unpaired) electrons. The molecule has 0 unspecified atom stereocenters. The highest BCUT2D eigenvalue weighted by Gasteiger charge is 2.18. The second kappa shape index (κ2) is 8.56. The molecule has 2 rings (SSSR count). The monoisotopic (exact) mass is 318 g/mol. The van der Waals surface area contributed by atoms with E-state index in [0.29, 0.717) is 18.7 Å². The van der Waals surface area contributed by atoms with Gasteiger partial charge in [-0.15, -0.1) is 0 Å². The van der Waals surface area contributed by atoms with Gasteiger partial charge in [-0.05, 0) is 25.0 Å². The lowest BCUT2D eigenvalue weighted by atomic mass is 10.2. The molecule has 1 aromatic rings. The summed E-state index contributed by atoms with van der Waals surface area (Å²) in [7, 11) is 1.60. The van der Waals surface area contributed by atoms with Gasteiger partial charge in [0.1, 0.15) is 5.75 Å². The first-order valence-corrected chi connectivity index (χ1v) is 8.32. The number of benzene rings is 1. The molecule has 0 aromatic heterocycles. The normalized spacial score (nSPS) is 15.0. The highest BCUT2D eigenvalue weighted by molar-refractivity contribution is 5.92. The van der Waals surface area contributed by atoms with Crippen molar-refractivity contribution in [2.75, 3.05) is 31.6 Å². The SMILES string of the molecule is COc1cccc(N(CCC(=O)N2CCCCCC2)C(C)=O)c1. The third-order valence-corrected chi connectivity index (χ3v) is 4.25. The summed E-state index contributed by atoms with van der Waals surface area (Å²) in [6.07, 6.45) is 4.92. The average Bonchev–Trinajstić information content (AvgIpc) is 2.84. The third-order valence-electron chi connectivity index (χ3n) is 4.25. The van der Waals surface area contributed by atoms with Crippen LogP contribution < -0.4 is 9.64 Å². The summed E-state index contributed by atoms with van der Waals surface area (Å²) in [5.74, 6) is 0.774. The zero-order chi connectivity index (χ0) is 16.7. The number of hydrogen-bond donors (Lipinski definition) is 0. The number of likely N-dealkylation sites (tertiary alicyclic amines) is 1. The Bertz CT molecular complexity index is 537. The van der Waals surface area contributed by atoms with Gasteiger partial charge in [-0.1, -0.05) is 18.9 Å². The van der Waals surface area contributed by atoms with Crippen molar-refractivity contribution < 1.29 is 14.3 Å². The Morgan fingerprint density at radius 2 is 1.87 bits per heavy atom. The topological polar surface area (TPSA) is 49.9 Å². The third kappa shape index (κ3) is 4.98. The van der Waals surface area contributed by atoms with Crippen LogP contribution in [0.25, 0.3) is 0 Å². The van der Waals surface area contributed by atoms with Crippen LogP contribution in [0.2, 0.25) is 0 Å². The van der Waals surface area contributed by atoms with Crippen LogP contribution in [0.3, 0.4) is 0 Å². The molecule has 1 aliphatic rings. The molecule has 1 heterocycles. The molecule has 0 saturated carbocycles. The molecule has 0 N–H and O–H groups in total. The zero-order valence-electron chi connectivity index (χ0n) is 14.1. The highest BCUT2D eigenvalue weighted by Crippen LogP contribution is 2.21. The number of rotatable bonds is 5. The summed E-state index contributed by atoms with van der Waals surface area (Å²) in [6, 6.07) is 7.36. The van der Waals surface area contributed by atoms with Crippen LogP contribution in [-0.2, 0) is 9.59 Å². The van der Waals surface area contributed by atoms with Crippen molar-refractivity contribution in [2.24, 2.45) is 0 Å². The van der Waals surface area contributed by atoms with Gasteiger partial charge < -0.3 is 14.5 Å². The molecular weight excluding hydrogens is 292 g/mol. The molecule has 0 atom stereocenters. The number of methoxy groups -OCH3 is 1. The lowest BCUT2D eigenvalue weighted by Gasteiger charge is -2.24. The summed E-state index contributed by atoms with van der Waals surface area (Å²) in [5, 5.41) is 0. The molecule has 0 bridgehead atoms. The summed E-state index contributed by atoms with van der Waals surface area (Å²) >= 11 is 0. The Morgan fingerprint density at radius 1 is 1.17 bits per heavy atom. The van der Waals surface area contributed by atoms with Crippen LogP contribution in [-0.4, -0.2) is 43.5 Å². The molecule has 0 spiro atoms. The minimum atomic E-state index is -0.0677. The Balaban J connectivity index is 1.99. The molecule has 126 valence electrons. The molecule has 5 heteroatoms. The van der Waals surface area contributed by atoms with Crippen LogP contribution in [0.15, 0.2) is 24.3 Å².